The van der Waals surface area contributed by atoms with Crippen LogP contribution in [0.15, 0.2) is 0 Å². The van der Waals surface area contributed by atoms with E-state index in [0.717, 1.165) is 25.7 Å². The maximum absolute atomic E-state index is 10.6. The first kappa shape index (κ1) is 10.7. The number of aliphatic hydroxyl groups excluding tert-OH is 1. The minimum Gasteiger partial charge on any atom is -0.465 e. The largest absolute Gasteiger partial charge is 0.465 e. The van der Waals surface area contributed by atoms with Gasteiger partial charge in [-0.05, 0) is 12.8 Å². The lowest BCUT2D eigenvalue weighted by Crippen LogP contribution is -2.68. The topological polar surface area (TPSA) is 81.0 Å². The fraction of sp³-hybridized carbons (Fsp3) is 0.900. The van der Waals surface area contributed by atoms with Crippen molar-refractivity contribution in [3.63, 3.8) is 0 Å². The third-order valence-corrected chi connectivity index (χ3v) is 3.62. The first-order valence-corrected chi connectivity index (χ1v) is 5.41. The van der Waals surface area contributed by atoms with Crippen LogP contribution in [-0.4, -0.2) is 51.1 Å². The molecule has 15 heavy (non-hydrogen) atoms. The molecule has 2 aliphatic rings. The van der Waals surface area contributed by atoms with Gasteiger partial charge in [-0.2, -0.15) is 0 Å². The predicted octanol–water partition coefficient (Wildman–Crippen LogP) is 0.262. The first-order chi connectivity index (χ1) is 7.03. The maximum Gasteiger partial charge on any atom is 0.407 e. The molecule has 2 rings (SSSR count). The van der Waals surface area contributed by atoms with Crippen LogP contribution in [0.3, 0.4) is 0 Å². The number of carboxylic acid groups (broad SMARTS) is 1. The van der Waals surface area contributed by atoms with Crippen LogP contribution in [0.2, 0.25) is 0 Å². The Morgan fingerprint density at radius 3 is 2.40 bits per heavy atom. The summed E-state index contributed by atoms with van der Waals surface area (Å²) >= 11 is 0. The van der Waals surface area contributed by atoms with Crippen molar-refractivity contribution >= 4 is 6.09 Å². The molecular weight excluding hydrogens is 198 g/mol. The third-order valence-electron chi connectivity index (χ3n) is 3.62. The number of hydrogen-bond acceptors (Lipinski definition) is 3. The molecule has 1 saturated carbocycles. The van der Waals surface area contributed by atoms with Gasteiger partial charge in [0.2, 0.25) is 0 Å². The summed E-state index contributed by atoms with van der Waals surface area (Å²) in [6, 6.07) is 0. The molecule has 86 valence electrons. The van der Waals surface area contributed by atoms with Crippen LogP contribution in [0.4, 0.5) is 4.79 Å². The Hall–Kier alpha value is -0.810. The number of hydrogen-bond donors (Lipinski definition) is 3. The van der Waals surface area contributed by atoms with Crippen LogP contribution in [0.5, 0.6) is 0 Å². The van der Waals surface area contributed by atoms with E-state index in [0.29, 0.717) is 0 Å². The summed E-state index contributed by atoms with van der Waals surface area (Å²) in [5.41, 5.74) is -0.988. The molecular formula is C10H17NO4. The number of likely N-dealkylation sites (tertiary alicyclic amines) is 1. The fourth-order valence-electron chi connectivity index (χ4n) is 2.72. The second-order valence-electron chi connectivity index (χ2n) is 4.70. The van der Waals surface area contributed by atoms with Crippen LogP contribution >= 0.6 is 0 Å². The van der Waals surface area contributed by atoms with Crippen molar-refractivity contribution in [1.29, 1.82) is 0 Å². The van der Waals surface area contributed by atoms with Gasteiger partial charge in [-0.1, -0.05) is 12.8 Å². The van der Waals surface area contributed by atoms with Gasteiger partial charge in [0.05, 0.1) is 19.2 Å². The van der Waals surface area contributed by atoms with Gasteiger partial charge in [-0.15, -0.1) is 0 Å². The molecule has 5 heteroatoms. The molecule has 2 unspecified atom stereocenters. The number of β-amino-alcohol motifs (C(OH)–C–C–N with tert-alkyl or cyclic N) is 1. The molecule has 2 atom stereocenters. The van der Waals surface area contributed by atoms with E-state index >= 15 is 0 Å². The molecule has 1 heterocycles. The van der Waals surface area contributed by atoms with Gasteiger partial charge in [-0.25, -0.2) is 4.79 Å². The van der Waals surface area contributed by atoms with E-state index < -0.39 is 17.8 Å². The lowest BCUT2D eigenvalue weighted by Gasteiger charge is -2.51. The molecule has 0 aromatic carbocycles. The zero-order chi connectivity index (χ0) is 11.1. The van der Waals surface area contributed by atoms with Crippen LogP contribution in [-0.2, 0) is 0 Å². The molecule has 3 N–H and O–H groups in total. The molecule has 0 bridgehead atoms. The van der Waals surface area contributed by atoms with Gasteiger partial charge in [0.1, 0.15) is 5.60 Å². The van der Waals surface area contributed by atoms with Crippen LogP contribution < -0.4 is 0 Å². The number of nitrogens with zero attached hydrogens (tertiary/aromatic N) is 1. The van der Waals surface area contributed by atoms with Crippen molar-refractivity contribution in [3.8, 4) is 0 Å². The van der Waals surface area contributed by atoms with E-state index in [9.17, 15) is 15.0 Å². The highest BCUT2D eigenvalue weighted by molar-refractivity contribution is 5.66. The van der Waals surface area contributed by atoms with E-state index in [-0.39, 0.29) is 19.0 Å². The summed E-state index contributed by atoms with van der Waals surface area (Å²) in [4.78, 5) is 11.8. The average molecular weight is 215 g/mol. The fourth-order valence-corrected chi connectivity index (χ4v) is 2.72. The molecule has 0 spiro atoms. The smallest absolute Gasteiger partial charge is 0.407 e. The average Bonchev–Trinajstić information content (AvgIpc) is 2.13. The van der Waals surface area contributed by atoms with E-state index in [1.54, 1.807) is 0 Å². The monoisotopic (exact) mass is 215 g/mol. The van der Waals surface area contributed by atoms with Crippen molar-refractivity contribution in [3.05, 3.63) is 0 Å². The molecule has 2 fully saturated rings. The Bertz CT molecular complexity index is 262. The van der Waals surface area contributed by atoms with E-state index in [1.165, 1.54) is 4.90 Å². The van der Waals surface area contributed by atoms with Crippen molar-refractivity contribution in [2.45, 2.75) is 37.4 Å². The van der Waals surface area contributed by atoms with Crippen LogP contribution in [0.25, 0.3) is 0 Å². The zero-order valence-corrected chi connectivity index (χ0v) is 8.59. The zero-order valence-electron chi connectivity index (χ0n) is 8.59. The molecule has 1 saturated heterocycles. The lowest BCUT2D eigenvalue weighted by atomic mass is 9.71. The molecule has 5 nitrogen and oxygen atoms in total. The van der Waals surface area contributed by atoms with Crippen molar-refractivity contribution in [2.75, 3.05) is 13.1 Å². The molecule has 0 aromatic rings. The maximum atomic E-state index is 10.6. The summed E-state index contributed by atoms with van der Waals surface area (Å²) in [7, 11) is 0. The highest BCUT2D eigenvalue weighted by Gasteiger charge is 2.51. The van der Waals surface area contributed by atoms with Crippen molar-refractivity contribution < 1.29 is 20.1 Å². The van der Waals surface area contributed by atoms with E-state index in [2.05, 4.69) is 0 Å². The molecule has 0 aromatic heterocycles. The van der Waals surface area contributed by atoms with E-state index in [4.69, 9.17) is 5.11 Å². The number of rotatable bonds is 1. The van der Waals surface area contributed by atoms with Crippen molar-refractivity contribution in [2.24, 2.45) is 5.92 Å². The van der Waals surface area contributed by atoms with Gasteiger partial charge >= 0.3 is 6.09 Å². The Morgan fingerprint density at radius 1 is 1.27 bits per heavy atom. The minimum atomic E-state index is -0.995. The third kappa shape index (κ3) is 1.81. The Morgan fingerprint density at radius 2 is 1.87 bits per heavy atom. The standard InChI is InChI=1S/C10H17NO4/c12-8-4-2-1-3-7(8)10(15)5-11(6-10)9(13)14/h7-8,12,15H,1-6H2,(H,13,14). The van der Waals surface area contributed by atoms with Crippen LogP contribution in [0, 0.1) is 5.92 Å². The minimum absolute atomic E-state index is 0.143. The Labute approximate surface area is 88.3 Å². The second-order valence-corrected chi connectivity index (χ2v) is 4.70. The normalized spacial score (nSPS) is 34.7. The summed E-state index contributed by atoms with van der Waals surface area (Å²) < 4.78 is 0. The summed E-state index contributed by atoms with van der Waals surface area (Å²) in [5.74, 6) is -0.151. The second kappa shape index (κ2) is 3.64. The first-order valence-electron chi connectivity index (χ1n) is 5.41. The quantitative estimate of drug-likeness (QED) is 0.586. The molecule has 1 aliphatic carbocycles. The van der Waals surface area contributed by atoms with Gasteiger partial charge in [-0.3, -0.25) is 0 Å². The summed E-state index contributed by atoms with van der Waals surface area (Å²) in [6.07, 6.45) is 2.06. The lowest BCUT2D eigenvalue weighted by molar-refractivity contribution is -0.159. The number of amides is 1. The Balaban J connectivity index is 1.96. The van der Waals surface area contributed by atoms with Gasteiger partial charge in [0, 0.05) is 5.92 Å². The summed E-state index contributed by atoms with van der Waals surface area (Å²) in [5, 5.41) is 28.6. The highest BCUT2D eigenvalue weighted by atomic mass is 16.4. The van der Waals surface area contributed by atoms with Gasteiger partial charge in [0.15, 0.2) is 0 Å². The Kier molecular flexibility index (Phi) is 2.60. The highest BCUT2D eigenvalue weighted by Crippen LogP contribution is 2.38. The van der Waals surface area contributed by atoms with Gasteiger partial charge in [0.25, 0.3) is 0 Å². The predicted molar refractivity (Wildman–Crippen MR) is 52.5 cm³/mol. The van der Waals surface area contributed by atoms with E-state index in [1.807, 2.05) is 0 Å². The summed E-state index contributed by atoms with van der Waals surface area (Å²) in [6.45, 7) is 0.286. The SMILES string of the molecule is O=C(O)N1CC(O)(C2CCCCC2O)C1. The molecule has 1 amide bonds. The number of carbonyl (C=O) groups is 1. The number of aliphatic hydroxyl groups is 2. The van der Waals surface area contributed by atoms with Crippen LogP contribution in [0.1, 0.15) is 25.7 Å². The van der Waals surface area contributed by atoms with Gasteiger partial charge < -0.3 is 20.2 Å². The molecule has 0 radical (unpaired) electrons. The van der Waals surface area contributed by atoms with Crippen molar-refractivity contribution in [1.82, 2.24) is 4.90 Å². The molecule has 1 aliphatic heterocycles.